The molecule has 162 valence electrons. The van der Waals surface area contributed by atoms with Crippen LogP contribution in [0.3, 0.4) is 0 Å². The van der Waals surface area contributed by atoms with E-state index < -0.39 is 23.0 Å². The zero-order valence-electron chi connectivity index (χ0n) is 17.9. The molecule has 4 N–H and O–H groups in total. The van der Waals surface area contributed by atoms with Crippen LogP contribution in [0.4, 0.5) is 10.6 Å². The molecule has 1 amide bonds. The van der Waals surface area contributed by atoms with Crippen LogP contribution in [0.5, 0.6) is 0 Å². The summed E-state index contributed by atoms with van der Waals surface area (Å²) in [5.41, 5.74) is 5.55. The Labute approximate surface area is 181 Å². The van der Waals surface area contributed by atoms with E-state index in [9.17, 15) is 14.7 Å². The molecule has 0 radical (unpaired) electrons. The fourth-order valence-electron chi connectivity index (χ4n) is 3.61. The van der Waals surface area contributed by atoms with Gasteiger partial charge in [0.25, 0.3) is 0 Å². The number of fused-ring (bicyclic) bond motifs is 1. The molecule has 0 saturated carbocycles. The van der Waals surface area contributed by atoms with Crippen molar-refractivity contribution in [3.63, 3.8) is 0 Å². The number of aromatic nitrogens is 1. The first-order valence-electron chi connectivity index (χ1n) is 9.98. The summed E-state index contributed by atoms with van der Waals surface area (Å²) in [7, 11) is 0. The number of nitrogens with one attached hydrogen (secondary N) is 1. The second kappa shape index (κ2) is 8.63. The third-order valence-electron chi connectivity index (χ3n) is 4.89. The number of rotatable bonds is 6. The van der Waals surface area contributed by atoms with Crippen LogP contribution in [0.1, 0.15) is 38.3 Å². The molecule has 0 saturated heterocycles. The van der Waals surface area contributed by atoms with Gasteiger partial charge >= 0.3 is 12.1 Å². The Morgan fingerprint density at radius 3 is 2.42 bits per heavy atom. The normalized spacial score (nSPS) is 13.4. The lowest BCUT2D eigenvalue weighted by Gasteiger charge is -2.36. The van der Waals surface area contributed by atoms with E-state index in [2.05, 4.69) is 10.3 Å². The number of ether oxygens (including phenoxy) is 1. The van der Waals surface area contributed by atoms with E-state index in [1.807, 2.05) is 51.1 Å². The van der Waals surface area contributed by atoms with Gasteiger partial charge in [-0.25, -0.2) is 14.6 Å². The lowest BCUT2D eigenvalue weighted by Crippen LogP contribution is -2.54. The average Bonchev–Trinajstić information content (AvgIpc) is 2.71. The lowest BCUT2D eigenvalue weighted by atomic mass is 9.75. The number of carboxylic acid groups (broad SMARTS) is 1. The first kappa shape index (κ1) is 22.1. The predicted octanol–water partition coefficient (Wildman–Crippen LogP) is 4.46. The molecule has 0 bridgehead atoms. The van der Waals surface area contributed by atoms with Crippen molar-refractivity contribution in [2.24, 2.45) is 5.41 Å². The molecule has 0 aliphatic heterocycles. The van der Waals surface area contributed by atoms with Crippen molar-refractivity contribution in [3.8, 4) is 0 Å². The van der Waals surface area contributed by atoms with Crippen molar-refractivity contribution < 1.29 is 19.4 Å². The van der Waals surface area contributed by atoms with Crippen LogP contribution in [0, 0.1) is 5.41 Å². The molecule has 1 aromatic heterocycles. The van der Waals surface area contributed by atoms with Crippen LogP contribution in [0.25, 0.3) is 10.9 Å². The number of carboxylic acids is 1. The van der Waals surface area contributed by atoms with Gasteiger partial charge in [0.15, 0.2) is 5.54 Å². The van der Waals surface area contributed by atoms with Gasteiger partial charge in [-0.2, -0.15) is 0 Å². The fraction of sp³-hybridized carbons (Fsp3) is 0.292. The smallest absolute Gasteiger partial charge is 0.408 e. The van der Waals surface area contributed by atoms with Gasteiger partial charge in [0, 0.05) is 5.39 Å². The summed E-state index contributed by atoms with van der Waals surface area (Å²) in [4.78, 5) is 29.5. The molecule has 0 unspecified atom stereocenters. The third kappa shape index (κ3) is 5.31. The molecular formula is C24H27N3O4. The van der Waals surface area contributed by atoms with Gasteiger partial charge in [-0.1, -0.05) is 57.2 Å². The van der Waals surface area contributed by atoms with E-state index in [0.717, 1.165) is 10.9 Å². The monoisotopic (exact) mass is 421 g/mol. The molecule has 0 aliphatic rings. The highest BCUT2D eigenvalue weighted by Crippen LogP contribution is 2.36. The van der Waals surface area contributed by atoms with Crippen molar-refractivity contribution in [1.82, 2.24) is 10.3 Å². The van der Waals surface area contributed by atoms with Crippen molar-refractivity contribution in [2.45, 2.75) is 39.3 Å². The van der Waals surface area contributed by atoms with Crippen LogP contribution >= 0.6 is 0 Å². The van der Waals surface area contributed by atoms with Gasteiger partial charge < -0.3 is 20.9 Å². The van der Waals surface area contributed by atoms with E-state index in [-0.39, 0.29) is 13.0 Å². The second-order valence-electron chi connectivity index (χ2n) is 8.78. The van der Waals surface area contributed by atoms with Gasteiger partial charge in [-0.05, 0) is 47.2 Å². The number of amides is 1. The highest BCUT2D eigenvalue weighted by atomic mass is 16.5. The molecular weight excluding hydrogens is 394 g/mol. The standard InChI is InChI=1S/C24H27N3O4/c1-23(2,3)15-24(21(28)29,27-22(30)31-14-16-7-5-4-6-8-16)18-10-11-19-17(13-18)9-12-20(25)26-19/h4-13H,14-15H2,1-3H3,(H2,25,26)(H,27,30)(H,28,29)/t24-/m1/s1. The minimum atomic E-state index is -1.68. The van der Waals surface area contributed by atoms with Gasteiger partial charge in [0.05, 0.1) is 5.52 Å². The van der Waals surface area contributed by atoms with Crippen LogP contribution in [0.2, 0.25) is 0 Å². The number of nitrogens with two attached hydrogens (primary N) is 1. The van der Waals surface area contributed by atoms with Crippen LogP contribution in [0.15, 0.2) is 60.7 Å². The van der Waals surface area contributed by atoms with E-state index >= 15 is 0 Å². The number of carbonyl (C=O) groups is 2. The highest BCUT2D eigenvalue weighted by Gasteiger charge is 2.45. The second-order valence-corrected chi connectivity index (χ2v) is 8.78. The Bertz CT molecular complexity index is 1090. The Morgan fingerprint density at radius 1 is 1.06 bits per heavy atom. The summed E-state index contributed by atoms with van der Waals surface area (Å²) in [6, 6.07) is 17.7. The zero-order valence-corrected chi connectivity index (χ0v) is 17.9. The van der Waals surface area contributed by atoms with Crippen molar-refractivity contribution >= 4 is 28.8 Å². The maximum Gasteiger partial charge on any atom is 0.408 e. The highest BCUT2D eigenvalue weighted by molar-refractivity contribution is 5.89. The maximum atomic E-state index is 12.7. The number of nitrogen functional groups attached to an aromatic ring is 1. The molecule has 0 aliphatic carbocycles. The molecule has 3 aromatic rings. The Kier molecular flexibility index (Phi) is 6.15. The van der Waals surface area contributed by atoms with Crippen LogP contribution < -0.4 is 11.1 Å². The maximum absolute atomic E-state index is 12.7. The number of nitrogens with zero attached hydrogens (tertiary/aromatic N) is 1. The summed E-state index contributed by atoms with van der Waals surface area (Å²) >= 11 is 0. The number of aliphatic carboxylic acids is 1. The molecule has 1 heterocycles. The SMILES string of the molecule is CC(C)(C)C[C@](NC(=O)OCc1ccccc1)(C(=O)O)c1ccc2nc(N)ccc2c1. The Hall–Kier alpha value is -3.61. The lowest BCUT2D eigenvalue weighted by molar-refractivity contribution is -0.146. The topological polar surface area (TPSA) is 115 Å². The average molecular weight is 421 g/mol. The molecule has 7 nitrogen and oxygen atoms in total. The molecule has 0 spiro atoms. The minimum absolute atomic E-state index is 0.0405. The number of benzene rings is 2. The summed E-state index contributed by atoms with van der Waals surface area (Å²) in [5.74, 6) is -0.788. The molecule has 7 heteroatoms. The van der Waals surface area contributed by atoms with Crippen LogP contribution in [-0.2, 0) is 21.7 Å². The third-order valence-corrected chi connectivity index (χ3v) is 4.89. The van der Waals surface area contributed by atoms with Gasteiger partial charge in [0.1, 0.15) is 12.4 Å². The molecule has 0 fully saturated rings. The summed E-state index contributed by atoms with van der Waals surface area (Å²) in [6.45, 7) is 5.81. The molecule has 31 heavy (non-hydrogen) atoms. The largest absolute Gasteiger partial charge is 0.479 e. The van der Waals surface area contributed by atoms with Crippen molar-refractivity contribution in [2.75, 3.05) is 5.73 Å². The number of hydrogen-bond donors (Lipinski definition) is 3. The Morgan fingerprint density at radius 2 is 1.77 bits per heavy atom. The van der Waals surface area contributed by atoms with E-state index in [1.54, 1.807) is 30.3 Å². The van der Waals surface area contributed by atoms with E-state index in [0.29, 0.717) is 16.9 Å². The summed E-state index contributed by atoms with van der Waals surface area (Å²) in [6.07, 6.45) is -0.644. The van der Waals surface area contributed by atoms with Crippen molar-refractivity contribution in [3.05, 3.63) is 71.8 Å². The first-order chi connectivity index (χ1) is 14.6. The van der Waals surface area contributed by atoms with Crippen molar-refractivity contribution in [1.29, 1.82) is 0 Å². The molecule has 3 rings (SSSR count). The zero-order chi connectivity index (χ0) is 22.6. The minimum Gasteiger partial charge on any atom is -0.479 e. The quantitative estimate of drug-likeness (QED) is 0.541. The van der Waals surface area contributed by atoms with E-state index in [1.165, 1.54) is 0 Å². The summed E-state index contributed by atoms with van der Waals surface area (Å²) < 4.78 is 5.33. The first-order valence-corrected chi connectivity index (χ1v) is 9.98. The number of pyridine rings is 1. The Balaban J connectivity index is 1.97. The summed E-state index contributed by atoms with van der Waals surface area (Å²) in [5, 5.41) is 13.7. The number of hydrogen-bond acceptors (Lipinski definition) is 5. The van der Waals surface area contributed by atoms with Gasteiger partial charge in [-0.3, -0.25) is 0 Å². The van der Waals surface area contributed by atoms with Gasteiger partial charge in [0.2, 0.25) is 0 Å². The fourth-order valence-corrected chi connectivity index (χ4v) is 3.61. The van der Waals surface area contributed by atoms with E-state index in [4.69, 9.17) is 10.5 Å². The number of anilines is 1. The molecule has 2 aromatic carbocycles. The number of carbonyl (C=O) groups excluding carboxylic acids is 1. The van der Waals surface area contributed by atoms with Gasteiger partial charge in [-0.15, -0.1) is 0 Å². The van der Waals surface area contributed by atoms with Crippen LogP contribution in [-0.4, -0.2) is 22.2 Å². The molecule has 1 atom stereocenters. The number of alkyl carbamates (subject to hydrolysis) is 1. The predicted molar refractivity (Wildman–Crippen MR) is 119 cm³/mol.